The van der Waals surface area contributed by atoms with E-state index in [4.69, 9.17) is 4.42 Å². The van der Waals surface area contributed by atoms with Gasteiger partial charge in [0.2, 0.25) is 11.8 Å². The zero-order valence-electron chi connectivity index (χ0n) is 13.7. The standard InChI is InChI=1S/C17H15N5OS2/c1-11(15-19-20-16(23-15)12-7-4-3-5-8-12)25-17-21-18-14(22(17)2)13-9-6-10-24-13/h3-11H,1-2H3. The Balaban J connectivity index is 1.53. The highest BCUT2D eigenvalue weighted by atomic mass is 32.2. The van der Waals surface area contributed by atoms with Gasteiger partial charge in [0.15, 0.2) is 11.0 Å². The second-order valence-corrected chi connectivity index (χ2v) is 7.67. The molecule has 8 heteroatoms. The average molecular weight is 369 g/mol. The Hall–Kier alpha value is -2.45. The van der Waals surface area contributed by atoms with Crippen LogP contribution < -0.4 is 0 Å². The number of hydrogen-bond acceptors (Lipinski definition) is 7. The van der Waals surface area contributed by atoms with E-state index in [2.05, 4.69) is 20.4 Å². The molecule has 0 bridgehead atoms. The van der Waals surface area contributed by atoms with Crippen LogP contribution in [0, 0.1) is 0 Å². The van der Waals surface area contributed by atoms with Crippen LogP contribution in [0.3, 0.4) is 0 Å². The summed E-state index contributed by atoms with van der Waals surface area (Å²) in [6.45, 7) is 2.02. The van der Waals surface area contributed by atoms with Crippen molar-refractivity contribution in [1.29, 1.82) is 0 Å². The molecule has 1 atom stereocenters. The van der Waals surface area contributed by atoms with E-state index >= 15 is 0 Å². The van der Waals surface area contributed by atoms with Crippen LogP contribution in [-0.2, 0) is 7.05 Å². The van der Waals surface area contributed by atoms with Crippen molar-refractivity contribution in [2.75, 3.05) is 0 Å². The number of thiophene rings is 1. The third-order valence-electron chi connectivity index (χ3n) is 3.67. The maximum atomic E-state index is 5.82. The Bertz CT molecular complexity index is 962. The Morgan fingerprint density at radius 1 is 1.04 bits per heavy atom. The van der Waals surface area contributed by atoms with Crippen molar-refractivity contribution in [3.05, 3.63) is 53.7 Å². The fourth-order valence-corrected chi connectivity index (χ4v) is 3.93. The van der Waals surface area contributed by atoms with E-state index in [1.165, 1.54) is 0 Å². The van der Waals surface area contributed by atoms with Gasteiger partial charge < -0.3 is 8.98 Å². The summed E-state index contributed by atoms with van der Waals surface area (Å²) in [7, 11) is 1.97. The van der Waals surface area contributed by atoms with Gasteiger partial charge in [-0.15, -0.1) is 31.7 Å². The fourth-order valence-electron chi connectivity index (χ4n) is 2.34. The molecule has 0 aliphatic rings. The van der Waals surface area contributed by atoms with Crippen molar-refractivity contribution in [3.8, 4) is 22.2 Å². The van der Waals surface area contributed by atoms with Crippen molar-refractivity contribution in [1.82, 2.24) is 25.0 Å². The van der Waals surface area contributed by atoms with Crippen LogP contribution in [0.4, 0.5) is 0 Å². The van der Waals surface area contributed by atoms with Gasteiger partial charge in [-0.05, 0) is 30.5 Å². The summed E-state index contributed by atoms with van der Waals surface area (Å²) in [5, 5.41) is 19.7. The molecule has 0 aliphatic carbocycles. The van der Waals surface area contributed by atoms with E-state index in [0.29, 0.717) is 11.8 Å². The van der Waals surface area contributed by atoms with Crippen LogP contribution in [0.1, 0.15) is 18.1 Å². The molecule has 3 heterocycles. The summed E-state index contributed by atoms with van der Waals surface area (Å²) in [6, 6.07) is 13.8. The molecule has 4 aromatic rings. The summed E-state index contributed by atoms with van der Waals surface area (Å²) in [4.78, 5) is 1.10. The lowest BCUT2D eigenvalue weighted by Crippen LogP contribution is -1.96. The Morgan fingerprint density at radius 2 is 1.88 bits per heavy atom. The lowest BCUT2D eigenvalue weighted by atomic mass is 10.2. The molecule has 0 saturated heterocycles. The first-order chi connectivity index (χ1) is 12.2. The molecule has 0 amide bonds. The molecule has 25 heavy (non-hydrogen) atoms. The van der Waals surface area contributed by atoms with Gasteiger partial charge in [-0.1, -0.05) is 36.0 Å². The highest BCUT2D eigenvalue weighted by Gasteiger charge is 2.20. The van der Waals surface area contributed by atoms with Crippen LogP contribution >= 0.6 is 23.1 Å². The van der Waals surface area contributed by atoms with Crippen LogP contribution in [0.2, 0.25) is 0 Å². The van der Waals surface area contributed by atoms with Gasteiger partial charge in [0.05, 0.1) is 10.1 Å². The topological polar surface area (TPSA) is 69.6 Å². The van der Waals surface area contributed by atoms with Gasteiger partial charge in [-0.3, -0.25) is 0 Å². The summed E-state index contributed by atoms with van der Waals surface area (Å²) in [6.07, 6.45) is 0. The van der Waals surface area contributed by atoms with Crippen molar-refractivity contribution in [3.63, 3.8) is 0 Å². The Labute approximate surface area is 152 Å². The predicted octanol–water partition coefficient (Wildman–Crippen LogP) is 4.45. The molecule has 0 N–H and O–H groups in total. The van der Waals surface area contributed by atoms with Gasteiger partial charge in [0.25, 0.3) is 0 Å². The van der Waals surface area contributed by atoms with Crippen molar-refractivity contribution in [2.24, 2.45) is 7.05 Å². The molecule has 3 aromatic heterocycles. The second kappa shape index (κ2) is 6.81. The maximum absolute atomic E-state index is 5.82. The molecule has 0 fully saturated rings. The molecule has 126 valence electrons. The number of rotatable bonds is 5. The number of hydrogen-bond donors (Lipinski definition) is 0. The van der Waals surface area contributed by atoms with Gasteiger partial charge in [0.1, 0.15) is 0 Å². The van der Waals surface area contributed by atoms with E-state index < -0.39 is 0 Å². The third kappa shape index (κ3) is 3.22. The van der Waals surface area contributed by atoms with Gasteiger partial charge >= 0.3 is 0 Å². The molecule has 0 aliphatic heterocycles. The van der Waals surface area contributed by atoms with Crippen molar-refractivity contribution >= 4 is 23.1 Å². The number of thioether (sulfide) groups is 1. The summed E-state index contributed by atoms with van der Waals surface area (Å²) in [5.41, 5.74) is 0.914. The minimum atomic E-state index is -0.0240. The van der Waals surface area contributed by atoms with Crippen molar-refractivity contribution < 1.29 is 4.42 Å². The van der Waals surface area contributed by atoms with Crippen LogP contribution in [0.15, 0.2) is 57.4 Å². The van der Waals surface area contributed by atoms with E-state index in [9.17, 15) is 0 Å². The van der Waals surface area contributed by atoms with E-state index in [1.54, 1.807) is 23.1 Å². The summed E-state index contributed by atoms with van der Waals surface area (Å²) < 4.78 is 7.81. The van der Waals surface area contributed by atoms with Crippen LogP contribution in [0.5, 0.6) is 0 Å². The van der Waals surface area contributed by atoms with Crippen LogP contribution in [-0.4, -0.2) is 25.0 Å². The zero-order valence-corrected chi connectivity index (χ0v) is 15.3. The molecule has 0 saturated carbocycles. The number of benzene rings is 1. The molecular weight excluding hydrogens is 354 g/mol. The Kier molecular flexibility index (Phi) is 4.37. The quantitative estimate of drug-likeness (QED) is 0.484. The Morgan fingerprint density at radius 3 is 2.64 bits per heavy atom. The van der Waals surface area contributed by atoms with Gasteiger partial charge in [-0.2, -0.15) is 0 Å². The number of nitrogens with zero attached hydrogens (tertiary/aromatic N) is 5. The highest BCUT2D eigenvalue weighted by Crippen LogP contribution is 2.35. The third-order valence-corrected chi connectivity index (χ3v) is 5.66. The van der Waals surface area contributed by atoms with E-state index in [0.717, 1.165) is 21.4 Å². The van der Waals surface area contributed by atoms with Gasteiger partial charge in [-0.25, -0.2) is 0 Å². The SMILES string of the molecule is CC(Sc1nnc(-c2cccs2)n1C)c1nnc(-c2ccccc2)o1. The zero-order chi connectivity index (χ0) is 17.2. The maximum Gasteiger partial charge on any atom is 0.247 e. The smallest absolute Gasteiger partial charge is 0.247 e. The first-order valence-corrected chi connectivity index (χ1v) is 9.47. The minimum absolute atomic E-state index is 0.0240. The largest absolute Gasteiger partial charge is 0.419 e. The lowest BCUT2D eigenvalue weighted by Gasteiger charge is -2.06. The fraction of sp³-hybridized carbons (Fsp3) is 0.176. The number of aromatic nitrogens is 5. The van der Waals surface area contributed by atoms with E-state index in [-0.39, 0.29) is 5.25 Å². The lowest BCUT2D eigenvalue weighted by molar-refractivity contribution is 0.508. The molecule has 6 nitrogen and oxygen atoms in total. The first-order valence-electron chi connectivity index (χ1n) is 7.71. The monoisotopic (exact) mass is 369 g/mol. The summed E-state index contributed by atoms with van der Waals surface area (Å²) in [5.74, 6) is 1.96. The van der Waals surface area contributed by atoms with Gasteiger partial charge in [0, 0.05) is 12.6 Å². The molecular formula is C17H15N5OS2. The molecule has 0 spiro atoms. The van der Waals surface area contributed by atoms with E-state index in [1.807, 2.05) is 66.4 Å². The normalized spacial score (nSPS) is 12.4. The minimum Gasteiger partial charge on any atom is -0.419 e. The van der Waals surface area contributed by atoms with Crippen LogP contribution in [0.25, 0.3) is 22.2 Å². The molecule has 1 aromatic carbocycles. The van der Waals surface area contributed by atoms with Crippen molar-refractivity contribution in [2.45, 2.75) is 17.3 Å². The summed E-state index contributed by atoms with van der Waals surface area (Å²) >= 11 is 3.19. The average Bonchev–Trinajstić information content (AvgIpc) is 3.37. The molecule has 1 unspecified atom stereocenters. The predicted molar refractivity (Wildman–Crippen MR) is 98.3 cm³/mol. The second-order valence-electron chi connectivity index (χ2n) is 5.41. The first kappa shape index (κ1) is 16.0. The molecule has 0 radical (unpaired) electrons. The highest BCUT2D eigenvalue weighted by molar-refractivity contribution is 7.99. The molecule has 4 rings (SSSR count).